The zero-order valence-electron chi connectivity index (χ0n) is 21.9. The lowest BCUT2D eigenvalue weighted by atomic mass is 10.0. The molecule has 39 heavy (non-hydrogen) atoms. The van der Waals surface area contributed by atoms with Crippen molar-refractivity contribution in [2.75, 3.05) is 7.11 Å². The predicted octanol–water partition coefficient (Wildman–Crippen LogP) is 3.62. The molecule has 11 heteroatoms. The lowest BCUT2D eigenvalue weighted by Gasteiger charge is -2.20. The standard InChI is InChI=1S/C28H28FN5O5/c1-17-8-10-20(11-9-17)16-33-26(32-27(36)34(28(33)37)19(3)18(2)25(35)38-4)30-21-12-14-22(15-13-21)39-24-7-5-6-23(29)31-24/h5-15,18-19H,16H2,1-4H3,(H,30,32,36)/t18-,19+/m1/s1. The first kappa shape index (κ1) is 27.2. The largest absolute Gasteiger partial charge is 0.469 e. The number of H-pyrrole nitrogens is 1. The first-order chi connectivity index (χ1) is 18.7. The highest BCUT2D eigenvalue weighted by molar-refractivity contribution is 5.72. The number of nitrogens with zero attached hydrogens (tertiary/aromatic N) is 4. The molecule has 0 amide bonds. The number of pyridine rings is 1. The predicted molar refractivity (Wildman–Crippen MR) is 141 cm³/mol. The van der Waals surface area contributed by atoms with Crippen LogP contribution in [0.3, 0.4) is 0 Å². The van der Waals surface area contributed by atoms with E-state index in [1.54, 1.807) is 38.1 Å². The molecule has 2 aromatic carbocycles. The van der Waals surface area contributed by atoms with Crippen LogP contribution < -0.4 is 21.7 Å². The fraction of sp³-hybridized carbons (Fsp3) is 0.250. The maximum atomic E-state index is 13.6. The molecule has 0 spiro atoms. The van der Waals surface area contributed by atoms with Gasteiger partial charge in [-0.2, -0.15) is 9.37 Å². The van der Waals surface area contributed by atoms with E-state index in [2.05, 4.69) is 15.0 Å². The van der Waals surface area contributed by atoms with Crippen molar-refractivity contribution in [1.29, 1.82) is 0 Å². The van der Waals surface area contributed by atoms with Crippen LogP contribution in [-0.2, 0) is 16.1 Å². The van der Waals surface area contributed by atoms with Gasteiger partial charge in [-0.25, -0.2) is 19.1 Å². The van der Waals surface area contributed by atoms with Gasteiger partial charge in [0.2, 0.25) is 17.4 Å². The summed E-state index contributed by atoms with van der Waals surface area (Å²) >= 11 is 0. The number of aromatic nitrogens is 4. The smallest absolute Gasteiger partial charge is 0.335 e. The normalized spacial score (nSPS) is 13.1. The van der Waals surface area contributed by atoms with Gasteiger partial charge in [0.25, 0.3) is 0 Å². The topological polar surface area (TPSA) is 121 Å². The quantitative estimate of drug-likeness (QED) is 0.273. The summed E-state index contributed by atoms with van der Waals surface area (Å²) < 4.78 is 26.0. The van der Waals surface area contributed by atoms with Crippen molar-refractivity contribution in [1.82, 2.24) is 19.1 Å². The van der Waals surface area contributed by atoms with Crippen LogP contribution in [0.2, 0.25) is 0 Å². The number of nitrogens with one attached hydrogen (secondary N) is 1. The van der Waals surface area contributed by atoms with Crippen LogP contribution >= 0.6 is 0 Å². The molecule has 0 unspecified atom stereocenters. The molecule has 2 heterocycles. The summed E-state index contributed by atoms with van der Waals surface area (Å²) in [6.07, 6.45) is 0. The van der Waals surface area contributed by atoms with Gasteiger partial charge in [-0.3, -0.25) is 14.3 Å². The summed E-state index contributed by atoms with van der Waals surface area (Å²) in [7, 11) is 1.25. The molecule has 0 aliphatic carbocycles. The second kappa shape index (κ2) is 11.7. The number of aromatic amines is 1. The van der Waals surface area contributed by atoms with Crippen molar-refractivity contribution in [3.63, 3.8) is 0 Å². The fourth-order valence-corrected chi connectivity index (χ4v) is 3.88. The molecule has 0 aliphatic rings. The van der Waals surface area contributed by atoms with E-state index in [1.807, 2.05) is 31.2 Å². The Morgan fingerprint density at radius 3 is 2.38 bits per heavy atom. The average molecular weight is 534 g/mol. The monoisotopic (exact) mass is 533 g/mol. The Morgan fingerprint density at radius 1 is 1.05 bits per heavy atom. The van der Waals surface area contributed by atoms with Gasteiger partial charge in [0.1, 0.15) is 5.75 Å². The molecular weight excluding hydrogens is 505 g/mol. The van der Waals surface area contributed by atoms with E-state index in [4.69, 9.17) is 9.47 Å². The van der Waals surface area contributed by atoms with Gasteiger partial charge in [-0.1, -0.05) is 35.9 Å². The van der Waals surface area contributed by atoms with Gasteiger partial charge in [-0.05, 0) is 56.7 Å². The summed E-state index contributed by atoms with van der Waals surface area (Å²) in [4.78, 5) is 49.7. The summed E-state index contributed by atoms with van der Waals surface area (Å²) in [6.45, 7) is 5.28. The molecule has 0 saturated heterocycles. The van der Waals surface area contributed by atoms with Gasteiger partial charge >= 0.3 is 17.3 Å². The molecule has 0 saturated carbocycles. The number of methoxy groups -OCH3 is 1. The molecule has 10 nitrogen and oxygen atoms in total. The zero-order valence-corrected chi connectivity index (χ0v) is 21.9. The Balaban J connectivity index is 1.77. The number of aryl methyl sites for hydroxylation is 1. The number of carbonyl (C=O) groups is 1. The maximum absolute atomic E-state index is 13.6. The molecule has 0 radical (unpaired) electrons. The lowest BCUT2D eigenvalue weighted by molar-refractivity contribution is -0.146. The maximum Gasteiger partial charge on any atom is 0.335 e. The van der Waals surface area contributed by atoms with E-state index < -0.39 is 35.3 Å². The number of carbonyl (C=O) groups excluding carboxylic acids is 1. The van der Waals surface area contributed by atoms with E-state index in [0.717, 1.165) is 15.7 Å². The highest BCUT2D eigenvalue weighted by atomic mass is 19.1. The van der Waals surface area contributed by atoms with Gasteiger partial charge in [0, 0.05) is 6.07 Å². The van der Waals surface area contributed by atoms with Crippen LogP contribution in [0.1, 0.15) is 31.0 Å². The van der Waals surface area contributed by atoms with E-state index in [1.165, 1.54) is 29.9 Å². The Labute approximate surface area is 223 Å². The minimum atomic E-state index is -0.778. The minimum Gasteiger partial charge on any atom is -0.469 e. The lowest BCUT2D eigenvalue weighted by Crippen LogP contribution is -2.52. The van der Waals surface area contributed by atoms with Gasteiger partial charge in [-0.15, -0.1) is 0 Å². The summed E-state index contributed by atoms with van der Waals surface area (Å²) in [5, 5.41) is 0. The van der Waals surface area contributed by atoms with E-state index in [-0.39, 0.29) is 18.0 Å². The molecule has 0 bridgehead atoms. The summed E-state index contributed by atoms with van der Waals surface area (Å²) in [5.41, 5.74) is 0.996. The molecule has 2 atom stereocenters. The molecular formula is C28H28FN5O5. The van der Waals surface area contributed by atoms with Crippen LogP contribution in [0.15, 0.2) is 81.3 Å². The first-order valence-electron chi connectivity index (χ1n) is 12.2. The van der Waals surface area contributed by atoms with E-state index in [9.17, 15) is 18.8 Å². The first-order valence-corrected chi connectivity index (χ1v) is 12.2. The highest BCUT2D eigenvalue weighted by Crippen LogP contribution is 2.22. The molecule has 1 N–H and O–H groups in total. The van der Waals surface area contributed by atoms with Crippen molar-refractivity contribution >= 4 is 11.7 Å². The molecule has 4 aromatic rings. The molecule has 2 aromatic heterocycles. The number of hydrogen-bond donors (Lipinski definition) is 1. The number of rotatable bonds is 8. The molecule has 4 rings (SSSR count). The molecule has 0 fully saturated rings. The van der Waals surface area contributed by atoms with Gasteiger partial charge < -0.3 is 9.47 Å². The Kier molecular flexibility index (Phi) is 8.18. The third-order valence-electron chi connectivity index (χ3n) is 6.28. The minimum absolute atomic E-state index is 0.0280. The third-order valence-corrected chi connectivity index (χ3v) is 6.28. The van der Waals surface area contributed by atoms with Crippen LogP contribution in [0.4, 0.5) is 10.1 Å². The van der Waals surface area contributed by atoms with E-state index >= 15 is 0 Å². The van der Waals surface area contributed by atoms with Crippen LogP contribution in [0.25, 0.3) is 0 Å². The van der Waals surface area contributed by atoms with Gasteiger partial charge in [0.05, 0.1) is 31.3 Å². The Bertz CT molecular complexity index is 1660. The van der Waals surface area contributed by atoms with Crippen LogP contribution in [-0.4, -0.2) is 32.2 Å². The van der Waals surface area contributed by atoms with Crippen LogP contribution in [0.5, 0.6) is 11.6 Å². The average Bonchev–Trinajstić information content (AvgIpc) is 2.92. The highest BCUT2D eigenvalue weighted by Gasteiger charge is 2.26. The fourth-order valence-electron chi connectivity index (χ4n) is 3.88. The zero-order chi connectivity index (χ0) is 28.1. The van der Waals surface area contributed by atoms with Crippen molar-refractivity contribution in [2.24, 2.45) is 10.9 Å². The van der Waals surface area contributed by atoms with Crippen LogP contribution in [0, 0.1) is 18.8 Å². The summed E-state index contributed by atoms with van der Waals surface area (Å²) in [5.74, 6) is -1.45. The van der Waals surface area contributed by atoms with Crippen molar-refractivity contribution < 1.29 is 18.7 Å². The summed E-state index contributed by atoms with van der Waals surface area (Å²) in [6, 6.07) is 17.5. The van der Waals surface area contributed by atoms with Crippen molar-refractivity contribution in [3.05, 3.63) is 110 Å². The number of halogens is 1. The number of hydrogen-bond acceptors (Lipinski definition) is 7. The van der Waals surface area contributed by atoms with Crippen molar-refractivity contribution in [2.45, 2.75) is 33.4 Å². The number of benzene rings is 2. The van der Waals surface area contributed by atoms with Gasteiger partial charge in [0.15, 0.2) is 0 Å². The Hall–Kier alpha value is -4.80. The SMILES string of the molecule is COC(=O)[C@H](C)[C@H](C)n1c(=O)[nH]/c(=N\c2ccc(Oc3cccc(F)n3)cc2)n(Cc2ccc(C)cc2)c1=O. The molecule has 202 valence electrons. The van der Waals surface area contributed by atoms with Crippen molar-refractivity contribution in [3.8, 4) is 11.6 Å². The number of ether oxygens (including phenoxy) is 2. The molecule has 0 aliphatic heterocycles. The third kappa shape index (κ3) is 6.38. The second-order valence-corrected chi connectivity index (χ2v) is 9.04. The Morgan fingerprint density at radius 2 is 1.74 bits per heavy atom. The second-order valence-electron chi connectivity index (χ2n) is 9.04. The number of esters is 1. The van der Waals surface area contributed by atoms with E-state index in [0.29, 0.717) is 11.4 Å².